The molecule has 0 fully saturated rings. The fourth-order valence-electron chi connectivity index (χ4n) is 2.84. The zero-order chi connectivity index (χ0) is 20.8. The lowest BCUT2D eigenvalue weighted by molar-refractivity contribution is 0.0600. The van der Waals surface area contributed by atoms with Gasteiger partial charge in [0.2, 0.25) is 5.95 Å². The number of hydrogen-bond donors (Lipinski definition) is 1. The summed E-state index contributed by atoms with van der Waals surface area (Å²) in [4.78, 5) is 34.8. The van der Waals surface area contributed by atoms with E-state index in [1.165, 1.54) is 7.11 Å². The van der Waals surface area contributed by atoms with Gasteiger partial charge in [0.05, 0.1) is 12.7 Å². The first kappa shape index (κ1) is 20.0. The Kier molecular flexibility index (Phi) is 6.19. The Morgan fingerprint density at radius 1 is 1.10 bits per heavy atom. The Hall–Kier alpha value is -3.74. The van der Waals surface area contributed by atoms with Gasteiger partial charge in [-0.25, -0.2) is 14.8 Å². The SMILES string of the molecule is CCN(c1cccc(C)c1)c1nccc(C(=O)Nc2ccc(C(=O)OC)cc2)n1. The topological polar surface area (TPSA) is 84.4 Å². The first-order valence-corrected chi connectivity index (χ1v) is 9.18. The van der Waals surface area contributed by atoms with Crippen LogP contribution in [0.4, 0.5) is 17.3 Å². The van der Waals surface area contributed by atoms with Crippen LogP contribution < -0.4 is 10.2 Å². The summed E-state index contributed by atoms with van der Waals surface area (Å²) in [6.07, 6.45) is 1.57. The van der Waals surface area contributed by atoms with Gasteiger partial charge in [-0.15, -0.1) is 0 Å². The Morgan fingerprint density at radius 2 is 1.86 bits per heavy atom. The van der Waals surface area contributed by atoms with E-state index < -0.39 is 5.97 Å². The smallest absolute Gasteiger partial charge is 0.337 e. The second-order valence-electron chi connectivity index (χ2n) is 6.35. The van der Waals surface area contributed by atoms with Crippen LogP contribution in [0, 0.1) is 6.92 Å². The molecule has 0 bridgehead atoms. The molecule has 2 aromatic carbocycles. The van der Waals surface area contributed by atoms with E-state index in [2.05, 4.69) is 20.0 Å². The molecule has 7 nitrogen and oxygen atoms in total. The maximum absolute atomic E-state index is 12.6. The molecule has 0 aliphatic heterocycles. The molecule has 1 N–H and O–H groups in total. The van der Waals surface area contributed by atoms with E-state index in [-0.39, 0.29) is 11.6 Å². The summed E-state index contributed by atoms with van der Waals surface area (Å²) >= 11 is 0. The molecule has 0 atom stereocenters. The minimum atomic E-state index is -0.431. The molecular weight excluding hydrogens is 368 g/mol. The highest BCUT2D eigenvalue weighted by atomic mass is 16.5. The van der Waals surface area contributed by atoms with Gasteiger partial charge in [0.15, 0.2) is 0 Å². The molecule has 0 saturated carbocycles. The molecule has 7 heteroatoms. The van der Waals surface area contributed by atoms with E-state index in [1.807, 2.05) is 43.0 Å². The van der Waals surface area contributed by atoms with Crippen LogP contribution in [0.1, 0.15) is 33.3 Å². The average Bonchev–Trinajstić information content (AvgIpc) is 2.74. The predicted octanol–water partition coefficient (Wildman–Crippen LogP) is 3.98. The van der Waals surface area contributed by atoms with Crippen molar-refractivity contribution in [3.8, 4) is 0 Å². The van der Waals surface area contributed by atoms with Gasteiger partial charge >= 0.3 is 5.97 Å². The number of nitrogens with zero attached hydrogens (tertiary/aromatic N) is 3. The number of carbonyl (C=O) groups is 2. The average molecular weight is 390 g/mol. The van der Waals surface area contributed by atoms with Crippen LogP contribution in [-0.2, 0) is 4.74 Å². The molecular formula is C22H22N4O3. The van der Waals surface area contributed by atoms with Crippen LogP contribution in [0.3, 0.4) is 0 Å². The van der Waals surface area contributed by atoms with Gasteiger partial charge in [0.1, 0.15) is 5.69 Å². The number of esters is 1. The third-order valence-corrected chi connectivity index (χ3v) is 4.31. The van der Waals surface area contributed by atoms with E-state index in [0.29, 0.717) is 23.7 Å². The minimum Gasteiger partial charge on any atom is -0.465 e. The van der Waals surface area contributed by atoms with Gasteiger partial charge in [-0.2, -0.15) is 0 Å². The van der Waals surface area contributed by atoms with E-state index >= 15 is 0 Å². The molecule has 148 valence electrons. The van der Waals surface area contributed by atoms with Crippen LogP contribution >= 0.6 is 0 Å². The van der Waals surface area contributed by atoms with Crippen molar-refractivity contribution in [2.24, 2.45) is 0 Å². The van der Waals surface area contributed by atoms with E-state index in [4.69, 9.17) is 0 Å². The van der Waals surface area contributed by atoms with Gasteiger partial charge in [-0.3, -0.25) is 4.79 Å². The number of rotatable bonds is 6. The molecule has 0 unspecified atom stereocenters. The second kappa shape index (κ2) is 8.97. The third-order valence-electron chi connectivity index (χ3n) is 4.31. The summed E-state index contributed by atoms with van der Waals surface area (Å²) in [5.41, 5.74) is 3.30. The zero-order valence-corrected chi connectivity index (χ0v) is 16.5. The Labute approximate surface area is 169 Å². The molecule has 29 heavy (non-hydrogen) atoms. The summed E-state index contributed by atoms with van der Waals surface area (Å²) < 4.78 is 4.67. The predicted molar refractivity (Wildman–Crippen MR) is 112 cm³/mol. The number of methoxy groups -OCH3 is 1. The highest BCUT2D eigenvalue weighted by molar-refractivity contribution is 6.03. The Morgan fingerprint density at radius 3 is 2.52 bits per heavy atom. The van der Waals surface area contributed by atoms with Crippen molar-refractivity contribution < 1.29 is 14.3 Å². The van der Waals surface area contributed by atoms with Crippen molar-refractivity contribution in [1.29, 1.82) is 0 Å². The van der Waals surface area contributed by atoms with Gasteiger partial charge in [-0.05, 0) is 61.9 Å². The third kappa shape index (κ3) is 4.76. The fraction of sp³-hybridized carbons (Fsp3) is 0.182. The molecule has 1 aromatic heterocycles. The Bertz CT molecular complexity index is 1020. The molecule has 3 aromatic rings. The number of aryl methyl sites for hydroxylation is 1. The largest absolute Gasteiger partial charge is 0.465 e. The number of ether oxygens (including phenoxy) is 1. The number of carbonyl (C=O) groups excluding carboxylic acids is 2. The molecule has 3 rings (SSSR count). The number of hydrogen-bond acceptors (Lipinski definition) is 6. The van der Waals surface area contributed by atoms with Crippen LogP contribution in [0.25, 0.3) is 0 Å². The summed E-state index contributed by atoms with van der Waals surface area (Å²) in [5, 5.41) is 2.78. The van der Waals surface area contributed by atoms with Crippen LogP contribution in [-0.4, -0.2) is 35.5 Å². The number of benzene rings is 2. The molecule has 1 heterocycles. The Balaban J connectivity index is 1.79. The van der Waals surface area contributed by atoms with Crippen molar-refractivity contribution in [3.63, 3.8) is 0 Å². The quantitative estimate of drug-likeness (QED) is 0.641. The molecule has 1 amide bonds. The normalized spacial score (nSPS) is 10.3. The summed E-state index contributed by atoms with van der Waals surface area (Å²) in [6, 6.07) is 16.0. The van der Waals surface area contributed by atoms with E-state index in [0.717, 1.165) is 11.3 Å². The van der Waals surface area contributed by atoms with Crippen molar-refractivity contribution in [3.05, 3.63) is 77.6 Å². The number of nitrogens with one attached hydrogen (secondary N) is 1. The maximum Gasteiger partial charge on any atom is 0.337 e. The summed E-state index contributed by atoms with van der Waals surface area (Å²) in [6.45, 7) is 4.68. The summed E-state index contributed by atoms with van der Waals surface area (Å²) in [7, 11) is 1.32. The zero-order valence-electron chi connectivity index (χ0n) is 16.5. The van der Waals surface area contributed by atoms with Crippen molar-refractivity contribution >= 4 is 29.2 Å². The lowest BCUT2D eigenvalue weighted by Gasteiger charge is -2.21. The van der Waals surface area contributed by atoms with Crippen molar-refractivity contribution in [2.45, 2.75) is 13.8 Å². The highest BCUT2D eigenvalue weighted by Crippen LogP contribution is 2.23. The minimum absolute atomic E-state index is 0.248. The van der Waals surface area contributed by atoms with Gasteiger partial charge in [0.25, 0.3) is 5.91 Å². The molecule has 0 radical (unpaired) electrons. The molecule has 0 aliphatic rings. The van der Waals surface area contributed by atoms with Gasteiger partial charge < -0.3 is 15.0 Å². The highest BCUT2D eigenvalue weighted by Gasteiger charge is 2.15. The van der Waals surface area contributed by atoms with E-state index in [9.17, 15) is 9.59 Å². The number of amides is 1. The maximum atomic E-state index is 12.6. The van der Waals surface area contributed by atoms with Crippen molar-refractivity contribution in [2.75, 3.05) is 23.9 Å². The van der Waals surface area contributed by atoms with Gasteiger partial charge in [0, 0.05) is 24.1 Å². The first-order chi connectivity index (χ1) is 14.0. The number of anilines is 3. The summed E-state index contributed by atoms with van der Waals surface area (Å²) in [5.74, 6) is -0.342. The van der Waals surface area contributed by atoms with Crippen LogP contribution in [0.5, 0.6) is 0 Å². The van der Waals surface area contributed by atoms with Crippen LogP contribution in [0.2, 0.25) is 0 Å². The monoisotopic (exact) mass is 390 g/mol. The van der Waals surface area contributed by atoms with E-state index in [1.54, 1.807) is 36.5 Å². The fourth-order valence-corrected chi connectivity index (χ4v) is 2.84. The molecule has 0 spiro atoms. The lowest BCUT2D eigenvalue weighted by atomic mass is 10.2. The van der Waals surface area contributed by atoms with Crippen molar-refractivity contribution in [1.82, 2.24) is 9.97 Å². The molecule has 0 saturated heterocycles. The number of aromatic nitrogens is 2. The molecule has 0 aliphatic carbocycles. The van der Waals surface area contributed by atoms with Crippen LogP contribution in [0.15, 0.2) is 60.8 Å². The standard InChI is InChI=1S/C22H22N4O3/c1-4-26(18-7-5-6-15(2)14-18)22-23-13-12-19(25-22)20(27)24-17-10-8-16(9-11-17)21(28)29-3/h5-14H,4H2,1-3H3,(H,24,27). The lowest BCUT2D eigenvalue weighted by Crippen LogP contribution is -2.21. The van der Waals surface area contributed by atoms with Gasteiger partial charge in [-0.1, -0.05) is 12.1 Å². The first-order valence-electron chi connectivity index (χ1n) is 9.18. The second-order valence-corrected chi connectivity index (χ2v) is 6.35.